The summed E-state index contributed by atoms with van der Waals surface area (Å²) < 4.78 is 19.1. The first-order chi connectivity index (χ1) is 7.50. The fourth-order valence-electron chi connectivity index (χ4n) is 1.36. The van der Waals surface area contributed by atoms with Gasteiger partial charge in [-0.05, 0) is 18.2 Å². The summed E-state index contributed by atoms with van der Waals surface area (Å²) in [7, 11) is 0. The summed E-state index contributed by atoms with van der Waals surface area (Å²) in [4.78, 5) is 0. The number of benzene rings is 1. The van der Waals surface area contributed by atoms with Crippen molar-refractivity contribution in [3.63, 3.8) is 0 Å². The van der Waals surface area contributed by atoms with E-state index in [1.165, 1.54) is 18.2 Å². The molecule has 1 heterocycles. The van der Waals surface area contributed by atoms with Gasteiger partial charge in [-0.15, -0.1) is 4.73 Å². The molecule has 0 spiro atoms. The van der Waals surface area contributed by atoms with Gasteiger partial charge in [0, 0.05) is 13.8 Å². The lowest BCUT2D eigenvalue weighted by Gasteiger charge is -1.98. The predicted molar refractivity (Wildman–Crippen MR) is 57.5 cm³/mol. The van der Waals surface area contributed by atoms with E-state index in [9.17, 15) is 9.60 Å². The third kappa shape index (κ3) is 1.65. The Hall–Kier alpha value is -1.55. The Labute approximate surface area is 96.7 Å². The third-order valence-corrected chi connectivity index (χ3v) is 2.72. The van der Waals surface area contributed by atoms with Crippen molar-refractivity contribution >= 4 is 11.6 Å². The number of halogens is 2. The van der Waals surface area contributed by atoms with Crippen LogP contribution in [-0.2, 0) is 0 Å². The summed E-state index contributed by atoms with van der Waals surface area (Å²) in [5.74, 6) is 0.0109. The van der Waals surface area contributed by atoms with Crippen LogP contribution in [0.3, 0.4) is 0 Å². The van der Waals surface area contributed by atoms with Crippen molar-refractivity contribution in [3.05, 3.63) is 45.7 Å². The molecule has 0 saturated heterocycles. The summed E-state index contributed by atoms with van der Waals surface area (Å²) in [5, 5.41) is 11.7. The summed E-state index contributed by atoms with van der Waals surface area (Å²) >= 11 is 5.55. The standard InChI is InChI=1S/C11H9ClFNO2/c1-6-7(2)16-11(14(6)15)8-3-4-9(12)10(13)5-8/h3-5H,1-2H3. The van der Waals surface area contributed by atoms with Crippen LogP contribution >= 0.6 is 11.6 Å². The van der Waals surface area contributed by atoms with Gasteiger partial charge in [0.25, 0.3) is 0 Å². The number of aryl methyl sites for hydroxylation is 1. The maximum atomic E-state index is 13.2. The summed E-state index contributed by atoms with van der Waals surface area (Å²) in [6.07, 6.45) is 0. The molecule has 0 aliphatic carbocycles. The van der Waals surface area contributed by atoms with Gasteiger partial charge in [-0.3, -0.25) is 0 Å². The van der Waals surface area contributed by atoms with Crippen molar-refractivity contribution in [2.75, 3.05) is 0 Å². The Kier molecular flexibility index (Phi) is 2.59. The van der Waals surface area contributed by atoms with Crippen molar-refractivity contribution in [1.82, 2.24) is 0 Å². The van der Waals surface area contributed by atoms with Crippen LogP contribution in [0.2, 0.25) is 5.02 Å². The second-order valence-electron chi connectivity index (χ2n) is 3.47. The Morgan fingerprint density at radius 3 is 2.56 bits per heavy atom. The molecule has 0 unspecified atom stereocenters. The molecule has 5 heteroatoms. The molecule has 16 heavy (non-hydrogen) atoms. The zero-order chi connectivity index (χ0) is 11.9. The van der Waals surface area contributed by atoms with E-state index in [1.807, 2.05) is 0 Å². The second kappa shape index (κ2) is 3.79. The Morgan fingerprint density at radius 1 is 1.38 bits per heavy atom. The van der Waals surface area contributed by atoms with Crippen LogP contribution in [0.4, 0.5) is 4.39 Å². The molecule has 0 saturated carbocycles. The maximum Gasteiger partial charge on any atom is 0.392 e. The van der Waals surface area contributed by atoms with E-state index in [0.29, 0.717) is 21.7 Å². The highest BCUT2D eigenvalue weighted by atomic mass is 35.5. The van der Waals surface area contributed by atoms with E-state index in [4.69, 9.17) is 16.0 Å². The number of aromatic nitrogens is 1. The third-order valence-electron chi connectivity index (χ3n) is 2.41. The van der Waals surface area contributed by atoms with E-state index in [2.05, 4.69) is 0 Å². The number of nitrogens with zero attached hydrogens (tertiary/aromatic N) is 1. The van der Waals surface area contributed by atoms with Gasteiger partial charge >= 0.3 is 5.89 Å². The lowest BCUT2D eigenvalue weighted by atomic mass is 10.2. The first-order valence-electron chi connectivity index (χ1n) is 4.65. The first kappa shape index (κ1) is 11.0. The Balaban J connectivity index is 2.59. The van der Waals surface area contributed by atoms with Crippen LogP contribution in [-0.4, -0.2) is 0 Å². The average Bonchev–Trinajstić information content (AvgIpc) is 2.50. The zero-order valence-corrected chi connectivity index (χ0v) is 9.51. The molecule has 0 fully saturated rings. The van der Waals surface area contributed by atoms with Crippen LogP contribution in [0, 0.1) is 24.9 Å². The highest BCUT2D eigenvalue weighted by molar-refractivity contribution is 6.30. The molecule has 0 radical (unpaired) electrons. The monoisotopic (exact) mass is 241 g/mol. The van der Waals surface area contributed by atoms with Crippen molar-refractivity contribution in [3.8, 4) is 11.5 Å². The van der Waals surface area contributed by atoms with E-state index >= 15 is 0 Å². The molecule has 1 aromatic heterocycles. The number of hydrogen-bond acceptors (Lipinski definition) is 2. The average molecular weight is 242 g/mol. The molecular formula is C11H9ClFNO2. The van der Waals surface area contributed by atoms with Crippen LogP contribution in [0.15, 0.2) is 22.6 Å². The lowest BCUT2D eigenvalue weighted by Crippen LogP contribution is -2.29. The highest BCUT2D eigenvalue weighted by Gasteiger charge is 2.21. The van der Waals surface area contributed by atoms with Gasteiger partial charge in [0.15, 0.2) is 5.76 Å². The number of rotatable bonds is 1. The minimum Gasteiger partial charge on any atom is -0.616 e. The minimum absolute atomic E-state index is 0.0150. The molecular weight excluding hydrogens is 233 g/mol. The fourth-order valence-corrected chi connectivity index (χ4v) is 1.48. The quantitative estimate of drug-likeness (QED) is 0.569. The van der Waals surface area contributed by atoms with Crippen molar-refractivity contribution in [2.45, 2.75) is 13.8 Å². The van der Waals surface area contributed by atoms with Crippen LogP contribution < -0.4 is 4.73 Å². The minimum atomic E-state index is -0.578. The van der Waals surface area contributed by atoms with Gasteiger partial charge in [0.2, 0.25) is 5.69 Å². The smallest absolute Gasteiger partial charge is 0.392 e. The molecule has 2 rings (SSSR count). The van der Waals surface area contributed by atoms with E-state index in [0.717, 1.165) is 0 Å². The van der Waals surface area contributed by atoms with Crippen LogP contribution in [0.25, 0.3) is 11.5 Å². The van der Waals surface area contributed by atoms with Crippen molar-refractivity contribution in [1.29, 1.82) is 0 Å². The molecule has 0 aliphatic heterocycles. The second-order valence-corrected chi connectivity index (χ2v) is 3.88. The topological polar surface area (TPSA) is 40.1 Å². The van der Waals surface area contributed by atoms with E-state index in [1.54, 1.807) is 13.8 Å². The van der Waals surface area contributed by atoms with Gasteiger partial charge in [0.1, 0.15) is 5.82 Å². The molecule has 0 aliphatic rings. The lowest BCUT2D eigenvalue weighted by molar-refractivity contribution is -0.602. The van der Waals surface area contributed by atoms with Gasteiger partial charge in [-0.2, -0.15) is 0 Å². The molecule has 2 aromatic rings. The number of oxazole rings is 1. The van der Waals surface area contributed by atoms with Crippen LogP contribution in [0.5, 0.6) is 0 Å². The van der Waals surface area contributed by atoms with Gasteiger partial charge in [-0.25, -0.2) is 4.39 Å². The normalized spacial score (nSPS) is 10.8. The summed E-state index contributed by atoms with van der Waals surface area (Å²) in [6.45, 7) is 3.32. The number of hydrogen-bond donors (Lipinski definition) is 0. The molecule has 0 N–H and O–H groups in total. The molecule has 0 amide bonds. The first-order valence-corrected chi connectivity index (χ1v) is 5.03. The molecule has 3 nitrogen and oxygen atoms in total. The fraction of sp³-hybridized carbons (Fsp3) is 0.182. The molecule has 84 valence electrons. The van der Waals surface area contributed by atoms with Gasteiger partial charge < -0.3 is 9.62 Å². The van der Waals surface area contributed by atoms with E-state index < -0.39 is 5.82 Å². The van der Waals surface area contributed by atoms with Crippen molar-refractivity contribution < 1.29 is 13.5 Å². The molecule has 0 atom stereocenters. The predicted octanol–water partition coefficient (Wildman–Crippen LogP) is 2.99. The van der Waals surface area contributed by atoms with E-state index in [-0.39, 0.29) is 10.9 Å². The Bertz CT molecular complexity index is 551. The maximum absolute atomic E-state index is 13.2. The van der Waals surface area contributed by atoms with Crippen molar-refractivity contribution in [2.24, 2.45) is 0 Å². The van der Waals surface area contributed by atoms with Gasteiger partial charge in [-0.1, -0.05) is 11.6 Å². The molecule has 0 bridgehead atoms. The molecule has 1 aromatic carbocycles. The summed E-state index contributed by atoms with van der Waals surface area (Å²) in [6, 6.07) is 4.10. The van der Waals surface area contributed by atoms with Crippen LogP contribution in [0.1, 0.15) is 11.5 Å². The SMILES string of the molecule is Cc1oc(-c2ccc(Cl)c(F)c2)[n+]([O-])c1C. The zero-order valence-electron chi connectivity index (χ0n) is 8.75. The Morgan fingerprint density at radius 2 is 2.06 bits per heavy atom. The largest absolute Gasteiger partial charge is 0.616 e. The van der Waals surface area contributed by atoms with Gasteiger partial charge in [0.05, 0.1) is 10.6 Å². The highest BCUT2D eigenvalue weighted by Crippen LogP contribution is 2.23. The summed E-state index contributed by atoms with van der Waals surface area (Å²) in [5.41, 5.74) is 0.832.